The van der Waals surface area contributed by atoms with E-state index in [2.05, 4.69) is 0 Å². The molecule has 0 saturated carbocycles. The molecule has 7 heteroatoms. The average Bonchev–Trinajstić information content (AvgIpc) is 2.61. The monoisotopic (exact) mass is 274 g/mol. The first-order chi connectivity index (χ1) is 8.51. The van der Waals surface area contributed by atoms with Crippen LogP contribution >= 0.6 is 0 Å². The second-order valence-electron chi connectivity index (χ2n) is 4.05. The standard InChI is InChI=1S/C11H15FN2O3S/c12-10-3-2-9(8-11(10)13)18(15,16)14-4-1-6-17-7-5-14/h2-3,8H,1,4-7,13H2. The van der Waals surface area contributed by atoms with Gasteiger partial charge in [-0.1, -0.05) is 0 Å². The second kappa shape index (κ2) is 5.21. The summed E-state index contributed by atoms with van der Waals surface area (Å²) in [7, 11) is -3.62. The average molecular weight is 274 g/mol. The van der Waals surface area contributed by atoms with Gasteiger partial charge in [0.05, 0.1) is 17.2 Å². The van der Waals surface area contributed by atoms with Crippen LogP contribution in [0.3, 0.4) is 0 Å². The number of nitrogens with zero attached hydrogens (tertiary/aromatic N) is 1. The van der Waals surface area contributed by atoms with Gasteiger partial charge in [-0.2, -0.15) is 4.31 Å². The van der Waals surface area contributed by atoms with E-state index in [1.54, 1.807) is 0 Å². The van der Waals surface area contributed by atoms with E-state index in [1.165, 1.54) is 10.4 Å². The smallest absolute Gasteiger partial charge is 0.243 e. The summed E-state index contributed by atoms with van der Waals surface area (Å²) < 4.78 is 44.2. The molecule has 1 fully saturated rings. The summed E-state index contributed by atoms with van der Waals surface area (Å²) in [5.74, 6) is -0.617. The highest BCUT2D eigenvalue weighted by Gasteiger charge is 2.25. The van der Waals surface area contributed by atoms with Crippen LogP contribution in [-0.2, 0) is 14.8 Å². The SMILES string of the molecule is Nc1cc(S(=O)(=O)N2CCCOCC2)ccc1F. The molecule has 0 bridgehead atoms. The number of sulfonamides is 1. The van der Waals surface area contributed by atoms with E-state index >= 15 is 0 Å². The van der Waals surface area contributed by atoms with E-state index in [-0.39, 0.29) is 10.6 Å². The Morgan fingerprint density at radius 3 is 2.78 bits per heavy atom. The second-order valence-corrected chi connectivity index (χ2v) is 5.99. The van der Waals surface area contributed by atoms with Crippen LogP contribution in [0.2, 0.25) is 0 Å². The van der Waals surface area contributed by atoms with E-state index in [1.807, 2.05) is 0 Å². The van der Waals surface area contributed by atoms with E-state index in [9.17, 15) is 12.8 Å². The predicted molar refractivity (Wildman–Crippen MR) is 65.0 cm³/mol. The Labute approximate surface area is 105 Å². The molecule has 0 unspecified atom stereocenters. The molecule has 0 atom stereocenters. The molecule has 1 saturated heterocycles. The summed E-state index contributed by atoms with van der Waals surface area (Å²) >= 11 is 0. The largest absolute Gasteiger partial charge is 0.396 e. The molecule has 2 rings (SSSR count). The van der Waals surface area contributed by atoms with E-state index < -0.39 is 15.8 Å². The molecule has 0 spiro atoms. The molecule has 0 aromatic heterocycles. The summed E-state index contributed by atoms with van der Waals surface area (Å²) in [6.45, 7) is 1.63. The van der Waals surface area contributed by atoms with Gasteiger partial charge in [0.15, 0.2) is 0 Å². The minimum atomic E-state index is -3.62. The number of nitrogen functional groups attached to an aromatic ring is 1. The Morgan fingerprint density at radius 2 is 2.06 bits per heavy atom. The van der Waals surface area contributed by atoms with Gasteiger partial charge in [0.25, 0.3) is 0 Å². The molecule has 1 aliphatic rings. The first-order valence-corrected chi connectivity index (χ1v) is 7.09. The Bertz CT molecular complexity index is 525. The van der Waals surface area contributed by atoms with Crippen LogP contribution in [0.5, 0.6) is 0 Å². The van der Waals surface area contributed by atoms with Gasteiger partial charge < -0.3 is 10.5 Å². The van der Waals surface area contributed by atoms with Gasteiger partial charge in [0.1, 0.15) is 5.82 Å². The molecule has 1 aliphatic heterocycles. The van der Waals surface area contributed by atoms with Crippen molar-refractivity contribution in [2.75, 3.05) is 32.0 Å². The lowest BCUT2D eigenvalue weighted by molar-refractivity contribution is 0.148. The Morgan fingerprint density at radius 1 is 1.28 bits per heavy atom. The van der Waals surface area contributed by atoms with Crippen LogP contribution in [0.4, 0.5) is 10.1 Å². The van der Waals surface area contributed by atoms with Crippen LogP contribution < -0.4 is 5.73 Å². The van der Waals surface area contributed by atoms with Crippen LogP contribution in [0.1, 0.15) is 6.42 Å². The number of rotatable bonds is 2. The lowest BCUT2D eigenvalue weighted by atomic mass is 10.3. The number of hydrogen-bond acceptors (Lipinski definition) is 4. The summed E-state index contributed by atoms with van der Waals surface area (Å²) in [5.41, 5.74) is 5.23. The molecule has 5 nitrogen and oxygen atoms in total. The molecule has 0 radical (unpaired) electrons. The first-order valence-electron chi connectivity index (χ1n) is 5.65. The number of anilines is 1. The van der Waals surface area contributed by atoms with Crippen molar-refractivity contribution in [1.82, 2.24) is 4.31 Å². The summed E-state index contributed by atoms with van der Waals surface area (Å²) in [5, 5.41) is 0. The fraction of sp³-hybridized carbons (Fsp3) is 0.455. The summed E-state index contributed by atoms with van der Waals surface area (Å²) in [4.78, 5) is 0.0169. The zero-order valence-corrected chi connectivity index (χ0v) is 10.6. The lowest BCUT2D eigenvalue weighted by Gasteiger charge is -2.19. The van der Waals surface area contributed by atoms with Gasteiger partial charge in [-0.25, -0.2) is 12.8 Å². The van der Waals surface area contributed by atoms with Crippen molar-refractivity contribution in [1.29, 1.82) is 0 Å². The Hall–Kier alpha value is -1.18. The van der Waals surface area contributed by atoms with Crippen molar-refractivity contribution in [2.45, 2.75) is 11.3 Å². The minimum Gasteiger partial charge on any atom is -0.396 e. The van der Waals surface area contributed by atoms with Crippen molar-refractivity contribution in [3.05, 3.63) is 24.0 Å². The van der Waals surface area contributed by atoms with Crippen molar-refractivity contribution in [3.8, 4) is 0 Å². The minimum absolute atomic E-state index is 0.0169. The Balaban J connectivity index is 2.31. The van der Waals surface area contributed by atoms with Gasteiger partial charge in [0, 0.05) is 19.7 Å². The quantitative estimate of drug-likeness (QED) is 0.810. The van der Waals surface area contributed by atoms with Crippen molar-refractivity contribution in [3.63, 3.8) is 0 Å². The van der Waals surface area contributed by atoms with Crippen LogP contribution in [0, 0.1) is 5.82 Å². The van der Waals surface area contributed by atoms with Gasteiger partial charge >= 0.3 is 0 Å². The van der Waals surface area contributed by atoms with Gasteiger partial charge in [-0.3, -0.25) is 0 Å². The number of hydrogen-bond donors (Lipinski definition) is 1. The zero-order valence-electron chi connectivity index (χ0n) is 9.80. The predicted octanol–water partition coefficient (Wildman–Crippen LogP) is 0.819. The molecule has 2 N–H and O–H groups in total. The van der Waals surface area contributed by atoms with Crippen LogP contribution in [0.25, 0.3) is 0 Å². The normalized spacial score (nSPS) is 18.5. The highest BCUT2D eigenvalue weighted by Crippen LogP contribution is 2.21. The number of ether oxygens (including phenoxy) is 1. The Kier molecular flexibility index (Phi) is 3.84. The molecule has 0 amide bonds. The topological polar surface area (TPSA) is 72.6 Å². The number of nitrogens with two attached hydrogens (primary N) is 1. The molecular weight excluding hydrogens is 259 g/mol. The van der Waals surface area contributed by atoms with Crippen molar-refractivity contribution >= 4 is 15.7 Å². The van der Waals surface area contributed by atoms with Gasteiger partial charge in [-0.15, -0.1) is 0 Å². The maximum atomic E-state index is 13.0. The third-order valence-corrected chi connectivity index (χ3v) is 4.68. The number of halogens is 1. The van der Waals surface area contributed by atoms with Crippen LogP contribution in [-0.4, -0.2) is 39.0 Å². The summed E-state index contributed by atoms with van der Waals surface area (Å²) in [6, 6.07) is 3.44. The first kappa shape index (κ1) is 13.3. The third kappa shape index (κ3) is 2.63. The third-order valence-electron chi connectivity index (χ3n) is 2.79. The van der Waals surface area contributed by atoms with Gasteiger partial charge in [0.2, 0.25) is 10.0 Å². The van der Waals surface area contributed by atoms with E-state index in [4.69, 9.17) is 10.5 Å². The molecule has 0 aliphatic carbocycles. The highest BCUT2D eigenvalue weighted by atomic mass is 32.2. The molecular formula is C11H15FN2O3S. The summed E-state index contributed by atoms with van der Waals surface area (Å²) in [6.07, 6.45) is 0.649. The van der Waals surface area contributed by atoms with Crippen molar-refractivity contribution < 1.29 is 17.5 Å². The lowest BCUT2D eigenvalue weighted by Crippen LogP contribution is -2.33. The van der Waals surface area contributed by atoms with Crippen molar-refractivity contribution in [2.24, 2.45) is 0 Å². The zero-order chi connectivity index (χ0) is 13.2. The fourth-order valence-corrected chi connectivity index (χ4v) is 3.29. The maximum absolute atomic E-state index is 13.0. The maximum Gasteiger partial charge on any atom is 0.243 e. The molecule has 100 valence electrons. The van der Waals surface area contributed by atoms with Gasteiger partial charge in [-0.05, 0) is 24.6 Å². The molecule has 18 heavy (non-hydrogen) atoms. The van der Waals surface area contributed by atoms with E-state index in [0.29, 0.717) is 32.7 Å². The molecule has 1 heterocycles. The molecule has 1 aromatic carbocycles. The fourth-order valence-electron chi connectivity index (χ4n) is 1.79. The number of benzene rings is 1. The highest BCUT2D eigenvalue weighted by molar-refractivity contribution is 7.89. The molecule has 1 aromatic rings. The van der Waals surface area contributed by atoms with E-state index in [0.717, 1.165) is 12.1 Å². The van der Waals surface area contributed by atoms with Crippen LogP contribution in [0.15, 0.2) is 23.1 Å².